The number of carbonyl (C=O) groups excluding carboxylic acids is 2. The number of benzene rings is 4. The third-order valence-electron chi connectivity index (χ3n) is 7.28. The van der Waals surface area contributed by atoms with Crippen LogP contribution in [0.4, 0.5) is 4.79 Å². The van der Waals surface area contributed by atoms with E-state index >= 15 is 0 Å². The van der Waals surface area contributed by atoms with Crippen molar-refractivity contribution in [2.24, 2.45) is 5.92 Å². The molecule has 5 rings (SSSR count). The summed E-state index contributed by atoms with van der Waals surface area (Å²) in [6.45, 7) is 4.78. The Morgan fingerprint density at radius 1 is 0.750 bits per heavy atom. The van der Waals surface area contributed by atoms with Crippen molar-refractivity contribution in [3.05, 3.63) is 125 Å². The van der Waals surface area contributed by atoms with Crippen molar-refractivity contribution in [3.63, 3.8) is 0 Å². The average molecular weight is 534 g/mol. The van der Waals surface area contributed by atoms with Crippen LogP contribution in [0.1, 0.15) is 48.4 Å². The molecule has 1 amide bonds. The molecule has 4 aromatic rings. The first-order valence-corrected chi connectivity index (χ1v) is 13.9. The SMILES string of the molecule is CC(C)C[C@H](NC(=O)OCC1c2ccccc2-c2ccccc21)C(=O)Cc1ccc(OCc2ccccc2)cc1. The van der Waals surface area contributed by atoms with Gasteiger partial charge in [0, 0.05) is 12.3 Å². The van der Waals surface area contributed by atoms with Crippen LogP contribution in [0.2, 0.25) is 0 Å². The Labute approximate surface area is 236 Å². The zero-order valence-corrected chi connectivity index (χ0v) is 23.0. The lowest BCUT2D eigenvalue weighted by Gasteiger charge is -2.21. The van der Waals surface area contributed by atoms with Gasteiger partial charge in [0.05, 0.1) is 6.04 Å². The van der Waals surface area contributed by atoms with Gasteiger partial charge >= 0.3 is 6.09 Å². The molecule has 0 heterocycles. The highest BCUT2D eigenvalue weighted by molar-refractivity contribution is 5.89. The first kappa shape index (κ1) is 27.2. The second kappa shape index (κ2) is 12.6. The lowest BCUT2D eigenvalue weighted by Crippen LogP contribution is -2.43. The molecule has 0 aromatic heterocycles. The Balaban J connectivity index is 1.17. The molecular weight excluding hydrogens is 498 g/mol. The second-order valence-corrected chi connectivity index (χ2v) is 10.7. The molecule has 5 heteroatoms. The summed E-state index contributed by atoms with van der Waals surface area (Å²) in [5.74, 6) is 0.910. The standard InChI is InChI=1S/C35H35NO4/c1-24(2)20-33(34(37)21-25-16-18-27(19-17-25)39-22-26-10-4-3-5-11-26)36-35(38)40-23-32-30-14-8-6-12-28(30)29-13-7-9-15-31(29)32/h3-19,24,32-33H,20-23H2,1-2H3,(H,36,38)/t33-/m0/s1. The maximum atomic E-state index is 13.3. The highest BCUT2D eigenvalue weighted by Crippen LogP contribution is 2.44. The van der Waals surface area contributed by atoms with Gasteiger partial charge < -0.3 is 14.8 Å². The minimum Gasteiger partial charge on any atom is -0.489 e. The van der Waals surface area contributed by atoms with Crippen molar-refractivity contribution in [1.82, 2.24) is 5.32 Å². The molecule has 0 radical (unpaired) electrons. The number of carbonyl (C=O) groups is 2. The maximum Gasteiger partial charge on any atom is 0.407 e. The summed E-state index contributed by atoms with van der Waals surface area (Å²) in [5, 5.41) is 2.85. The van der Waals surface area contributed by atoms with E-state index < -0.39 is 12.1 Å². The van der Waals surface area contributed by atoms with Gasteiger partial charge in [0.2, 0.25) is 0 Å². The van der Waals surface area contributed by atoms with Crippen molar-refractivity contribution < 1.29 is 19.1 Å². The summed E-state index contributed by atoms with van der Waals surface area (Å²) in [6.07, 6.45) is 0.201. The largest absolute Gasteiger partial charge is 0.489 e. The first-order chi connectivity index (χ1) is 19.5. The molecule has 5 nitrogen and oxygen atoms in total. The molecule has 204 valence electrons. The number of amides is 1. The number of rotatable bonds is 11. The minimum absolute atomic E-state index is 0.0278. The molecule has 4 aromatic carbocycles. The van der Waals surface area contributed by atoms with E-state index in [1.807, 2.05) is 92.7 Å². The molecule has 1 aliphatic carbocycles. The van der Waals surface area contributed by atoms with Gasteiger partial charge in [0.25, 0.3) is 0 Å². The lowest BCUT2D eigenvalue weighted by atomic mass is 9.96. The van der Waals surface area contributed by atoms with Gasteiger partial charge in [-0.15, -0.1) is 0 Å². The fourth-order valence-electron chi connectivity index (χ4n) is 5.29. The van der Waals surface area contributed by atoms with Gasteiger partial charge in [-0.2, -0.15) is 0 Å². The first-order valence-electron chi connectivity index (χ1n) is 13.9. The van der Waals surface area contributed by atoms with E-state index in [-0.39, 0.29) is 30.6 Å². The van der Waals surface area contributed by atoms with Crippen LogP contribution >= 0.6 is 0 Å². The van der Waals surface area contributed by atoms with Crippen molar-refractivity contribution in [2.75, 3.05) is 6.61 Å². The predicted molar refractivity (Wildman–Crippen MR) is 157 cm³/mol. The van der Waals surface area contributed by atoms with Gasteiger partial charge in [-0.25, -0.2) is 4.79 Å². The maximum absolute atomic E-state index is 13.3. The highest BCUT2D eigenvalue weighted by Gasteiger charge is 2.30. The molecule has 1 atom stereocenters. The molecule has 1 N–H and O–H groups in total. The number of ether oxygens (including phenoxy) is 2. The zero-order valence-electron chi connectivity index (χ0n) is 23.0. The zero-order chi connectivity index (χ0) is 27.9. The summed E-state index contributed by atoms with van der Waals surface area (Å²) < 4.78 is 11.6. The van der Waals surface area contributed by atoms with Gasteiger partial charge in [-0.1, -0.05) is 105 Å². The normalized spacial score (nSPS) is 12.9. The van der Waals surface area contributed by atoms with Crippen LogP contribution in [0.15, 0.2) is 103 Å². The molecule has 0 fully saturated rings. The van der Waals surface area contributed by atoms with Gasteiger partial charge in [-0.05, 0) is 57.9 Å². The molecule has 0 saturated heterocycles. The molecule has 0 unspecified atom stereocenters. The topological polar surface area (TPSA) is 64.6 Å². The number of hydrogen-bond acceptors (Lipinski definition) is 4. The van der Waals surface area contributed by atoms with E-state index in [1.54, 1.807) is 0 Å². The Morgan fingerprint density at radius 2 is 1.35 bits per heavy atom. The summed E-state index contributed by atoms with van der Waals surface area (Å²) >= 11 is 0. The van der Waals surface area contributed by atoms with Gasteiger partial charge in [-0.3, -0.25) is 4.79 Å². The summed E-state index contributed by atoms with van der Waals surface area (Å²) in [5.41, 5.74) is 6.63. The van der Waals surface area contributed by atoms with Crippen molar-refractivity contribution in [2.45, 2.75) is 45.3 Å². The Hall–Kier alpha value is -4.38. The van der Waals surface area contributed by atoms with Crippen LogP contribution in [-0.4, -0.2) is 24.5 Å². The highest BCUT2D eigenvalue weighted by atomic mass is 16.5. The molecular formula is C35H35NO4. The summed E-state index contributed by atoms with van der Waals surface area (Å²) in [4.78, 5) is 26.2. The monoisotopic (exact) mass is 533 g/mol. The van der Waals surface area contributed by atoms with E-state index in [9.17, 15) is 9.59 Å². The van der Waals surface area contributed by atoms with Gasteiger partial charge in [0.15, 0.2) is 5.78 Å². The summed E-state index contributed by atoms with van der Waals surface area (Å²) in [7, 11) is 0. The van der Waals surface area contributed by atoms with Crippen molar-refractivity contribution >= 4 is 11.9 Å². The van der Waals surface area contributed by atoms with Crippen LogP contribution in [-0.2, 0) is 22.6 Å². The van der Waals surface area contributed by atoms with Gasteiger partial charge in [0.1, 0.15) is 19.0 Å². The van der Waals surface area contributed by atoms with Crippen LogP contribution in [0.25, 0.3) is 11.1 Å². The molecule has 0 aliphatic heterocycles. The Kier molecular flexibility index (Phi) is 8.60. The van der Waals surface area contributed by atoms with Crippen LogP contribution in [0, 0.1) is 5.92 Å². The second-order valence-electron chi connectivity index (χ2n) is 10.7. The minimum atomic E-state index is -0.621. The van der Waals surface area contributed by atoms with Crippen LogP contribution < -0.4 is 10.1 Å². The smallest absolute Gasteiger partial charge is 0.407 e. The number of ketones is 1. The molecule has 40 heavy (non-hydrogen) atoms. The summed E-state index contributed by atoms with van der Waals surface area (Å²) in [6, 6.07) is 33.4. The van der Waals surface area contributed by atoms with E-state index in [0.717, 1.165) is 28.0 Å². The van der Waals surface area contributed by atoms with E-state index in [2.05, 4.69) is 29.6 Å². The quantitative estimate of drug-likeness (QED) is 0.219. The fraction of sp³-hybridized carbons (Fsp3) is 0.257. The van der Waals surface area contributed by atoms with E-state index in [0.29, 0.717) is 13.0 Å². The number of hydrogen-bond donors (Lipinski definition) is 1. The number of nitrogens with one attached hydrogen (secondary N) is 1. The van der Waals surface area contributed by atoms with Crippen LogP contribution in [0.5, 0.6) is 5.75 Å². The molecule has 0 bridgehead atoms. The van der Waals surface area contributed by atoms with Crippen molar-refractivity contribution in [3.8, 4) is 16.9 Å². The third-order valence-corrected chi connectivity index (χ3v) is 7.28. The fourth-order valence-corrected chi connectivity index (χ4v) is 5.29. The average Bonchev–Trinajstić information content (AvgIpc) is 3.29. The molecule has 1 aliphatic rings. The Bertz CT molecular complexity index is 1400. The van der Waals surface area contributed by atoms with Crippen LogP contribution in [0.3, 0.4) is 0 Å². The third kappa shape index (κ3) is 6.60. The number of Topliss-reactive ketones (excluding diaryl/α,β-unsaturated/α-hetero) is 1. The number of fused-ring (bicyclic) bond motifs is 3. The predicted octanol–water partition coefficient (Wildman–Crippen LogP) is 7.33. The van der Waals surface area contributed by atoms with Crippen molar-refractivity contribution in [1.29, 1.82) is 0 Å². The Morgan fingerprint density at radius 3 is 1.98 bits per heavy atom. The molecule has 0 spiro atoms. The number of alkyl carbamates (subject to hydrolysis) is 1. The molecule has 0 saturated carbocycles. The van der Waals surface area contributed by atoms with E-state index in [4.69, 9.17) is 9.47 Å². The lowest BCUT2D eigenvalue weighted by molar-refractivity contribution is -0.120. The van der Waals surface area contributed by atoms with E-state index in [1.165, 1.54) is 11.1 Å².